The van der Waals surface area contributed by atoms with E-state index in [4.69, 9.17) is 9.68 Å². The molecule has 1 unspecified atom stereocenters. The first-order chi connectivity index (χ1) is 6.74. The molecule has 86 valence electrons. The number of hydrogen-bond donors (Lipinski definition) is 0. The Morgan fingerprint density at radius 1 is 1.14 bits per heavy atom. The molecular weight excluding hydrogens is 178 g/mol. The van der Waals surface area contributed by atoms with Gasteiger partial charge in [-0.25, -0.2) is 0 Å². The van der Waals surface area contributed by atoms with E-state index in [1.54, 1.807) is 5.23 Å². The van der Waals surface area contributed by atoms with E-state index in [-0.39, 0.29) is 6.10 Å². The molecule has 0 aromatic carbocycles. The molecule has 14 heavy (non-hydrogen) atoms. The molecule has 0 saturated heterocycles. The SMILES string of the molecule is CCCCN(OCCC)OC(C)CC. The van der Waals surface area contributed by atoms with E-state index < -0.39 is 0 Å². The summed E-state index contributed by atoms with van der Waals surface area (Å²) in [4.78, 5) is 11.1. The first-order valence-electron chi connectivity index (χ1n) is 5.81. The second-order valence-corrected chi connectivity index (χ2v) is 3.57. The minimum absolute atomic E-state index is 0.240. The summed E-state index contributed by atoms with van der Waals surface area (Å²) in [6.45, 7) is 10.0. The predicted octanol–water partition coefficient (Wildman–Crippen LogP) is 3.16. The van der Waals surface area contributed by atoms with Gasteiger partial charge in [0.2, 0.25) is 0 Å². The van der Waals surface area contributed by atoms with Gasteiger partial charge >= 0.3 is 0 Å². The average Bonchev–Trinajstić information content (AvgIpc) is 2.21. The van der Waals surface area contributed by atoms with Crippen LogP contribution in [0.3, 0.4) is 0 Å². The number of hydrogen-bond acceptors (Lipinski definition) is 3. The molecule has 1 atom stereocenters. The van der Waals surface area contributed by atoms with Crippen LogP contribution in [0, 0.1) is 0 Å². The van der Waals surface area contributed by atoms with Gasteiger partial charge in [-0.2, -0.15) is 0 Å². The van der Waals surface area contributed by atoms with Crippen molar-refractivity contribution in [3.63, 3.8) is 0 Å². The smallest absolute Gasteiger partial charge is 0.0789 e. The van der Waals surface area contributed by atoms with Gasteiger partial charge < -0.3 is 0 Å². The Bertz CT molecular complexity index is 112. The fraction of sp³-hybridized carbons (Fsp3) is 1.00. The zero-order chi connectivity index (χ0) is 10.8. The Labute approximate surface area is 88.3 Å². The lowest BCUT2D eigenvalue weighted by molar-refractivity contribution is -0.384. The van der Waals surface area contributed by atoms with Crippen LogP contribution < -0.4 is 0 Å². The van der Waals surface area contributed by atoms with Crippen LogP contribution in [0.2, 0.25) is 0 Å². The molecule has 0 spiro atoms. The quantitative estimate of drug-likeness (QED) is 0.537. The summed E-state index contributed by atoms with van der Waals surface area (Å²) in [5.41, 5.74) is 0. The highest BCUT2D eigenvalue weighted by atomic mass is 17.0. The Morgan fingerprint density at radius 2 is 1.86 bits per heavy atom. The van der Waals surface area contributed by atoms with Crippen molar-refractivity contribution in [2.45, 2.75) is 59.5 Å². The Morgan fingerprint density at radius 3 is 2.36 bits per heavy atom. The summed E-state index contributed by atoms with van der Waals surface area (Å²) >= 11 is 0. The number of nitrogens with zero attached hydrogens (tertiary/aromatic N) is 1. The zero-order valence-electron chi connectivity index (χ0n) is 10.1. The second kappa shape index (κ2) is 9.44. The maximum atomic E-state index is 5.61. The molecule has 0 aromatic heterocycles. The lowest BCUT2D eigenvalue weighted by Gasteiger charge is -2.23. The largest absolute Gasteiger partial charge is 0.274 e. The Balaban J connectivity index is 3.71. The fourth-order valence-corrected chi connectivity index (χ4v) is 0.903. The molecule has 0 rings (SSSR count). The average molecular weight is 203 g/mol. The highest BCUT2D eigenvalue weighted by molar-refractivity contribution is 4.42. The molecule has 0 amide bonds. The van der Waals surface area contributed by atoms with Crippen molar-refractivity contribution < 1.29 is 9.68 Å². The molecule has 3 heteroatoms. The van der Waals surface area contributed by atoms with Crippen LogP contribution in [-0.2, 0) is 9.68 Å². The van der Waals surface area contributed by atoms with Crippen LogP contribution in [0.15, 0.2) is 0 Å². The van der Waals surface area contributed by atoms with E-state index in [9.17, 15) is 0 Å². The maximum Gasteiger partial charge on any atom is 0.0789 e. The highest BCUT2D eigenvalue weighted by Crippen LogP contribution is 2.04. The number of hydroxylamine groups is 2. The molecule has 0 radical (unpaired) electrons. The van der Waals surface area contributed by atoms with E-state index in [0.29, 0.717) is 0 Å². The van der Waals surface area contributed by atoms with Gasteiger partial charge in [-0.3, -0.25) is 9.68 Å². The summed E-state index contributed by atoms with van der Waals surface area (Å²) in [5, 5.41) is 1.65. The van der Waals surface area contributed by atoms with Gasteiger partial charge in [0, 0.05) is 0 Å². The fourth-order valence-electron chi connectivity index (χ4n) is 0.903. The normalized spacial score (nSPS) is 13.5. The molecule has 0 N–H and O–H groups in total. The molecule has 3 nitrogen and oxygen atoms in total. The van der Waals surface area contributed by atoms with Crippen molar-refractivity contribution in [3.8, 4) is 0 Å². The summed E-state index contributed by atoms with van der Waals surface area (Å²) < 4.78 is 0. The van der Waals surface area contributed by atoms with Crippen molar-refractivity contribution in [1.29, 1.82) is 0 Å². The van der Waals surface area contributed by atoms with Gasteiger partial charge in [0.05, 0.1) is 19.3 Å². The Kier molecular flexibility index (Phi) is 9.35. The van der Waals surface area contributed by atoms with E-state index in [1.807, 2.05) is 0 Å². The molecule has 0 bridgehead atoms. The number of unbranched alkanes of at least 4 members (excludes halogenated alkanes) is 1. The molecule has 0 aliphatic heterocycles. The van der Waals surface area contributed by atoms with Crippen molar-refractivity contribution >= 4 is 0 Å². The molecule has 0 heterocycles. The van der Waals surface area contributed by atoms with Gasteiger partial charge in [-0.15, -0.1) is 0 Å². The van der Waals surface area contributed by atoms with Crippen LogP contribution in [-0.4, -0.2) is 24.5 Å². The maximum absolute atomic E-state index is 5.61. The molecule has 0 saturated carbocycles. The third-order valence-corrected chi connectivity index (χ3v) is 2.01. The van der Waals surface area contributed by atoms with Crippen LogP contribution in [0.5, 0.6) is 0 Å². The predicted molar refractivity (Wildman–Crippen MR) is 58.7 cm³/mol. The first kappa shape index (κ1) is 13.9. The van der Waals surface area contributed by atoms with E-state index >= 15 is 0 Å². The second-order valence-electron chi connectivity index (χ2n) is 3.57. The standard InChI is InChI=1S/C11H25NO2/c1-5-8-9-12(13-10-6-2)14-11(4)7-3/h11H,5-10H2,1-4H3. The Hall–Kier alpha value is -0.120. The molecule has 0 aromatic rings. The van der Waals surface area contributed by atoms with Crippen molar-refractivity contribution in [2.75, 3.05) is 13.2 Å². The van der Waals surface area contributed by atoms with Crippen LogP contribution in [0.1, 0.15) is 53.4 Å². The minimum atomic E-state index is 0.240. The lowest BCUT2D eigenvalue weighted by atomic mass is 10.3. The topological polar surface area (TPSA) is 21.7 Å². The zero-order valence-corrected chi connectivity index (χ0v) is 10.1. The van der Waals surface area contributed by atoms with Crippen molar-refractivity contribution in [3.05, 3.63) is 0 Å². The van der Waals surface area contributed by atoms with Gasteiger partial charge in [0.25, 0.3) is 0 Å². The van der Waals surface area contributed by atoms with Crippen LogP contribution in [0.4, 0.5) is 0 Å². The van der Waals surface area contributed by atoms with Gasteiger partial charge in [-0.1, -0.05) is 32.4 Å². The highest BCUT2D eigenvalue weighted by Gasteiger charge is 2.08. The van der Waals surface area contributed by atoms with Gasteiger partial charge in [-0.05, 0) is 26.2 Å². The minimum Gasteiger partial charge on any atom is -0.274 e. The van der Waals surface area contributed by atoms with Crippen LogP contribution in [0.25, 0.3) is 0 Å². The van der Waals surface area contributed by atoms with E-state index in [0.717, 1.165) is 38.8 Å². The summed E-state index contributed by atoms with van der Waals surface area (Å²) in [7, 11) is 0. The third-order valence-electron chi connectivity index (χ3n) is 2.01. The van der Waals surface area contributed by atoms with Gasteiger partial charge in [0.1, 0.15) is 0 Å². The monoisotopic (exact) mass is 203 g/mol. The lowest BCUT2D eigenvalue weighted by Crippen LogP contribution is -2.30. The molecule has 0 fully saturated rings. The summed E-state index contributed by atoms with van der Waals surface area (Å²) in [6.07, 6.45) is 4.55. The van der Waals surface area contributed by atoms with Gasteiger partial charge in [0.15, 0.2) is 0 Å². The van der Waals surface area contributed by atoms with E-state index in [2.05, 4.69) is 27.7 Å². The molecular formula is C11H25NO2. The van der Waals surface area contributed by atoms with E-state index in [1.165, 1.54) is 0 Å². The third kappa shape index (κ3) is 7.30. The van der Waals surface area contributed by atoms with Crippen molar-refractivity contribution in [2.24, 2.45) is 0 Å². The van der Waals surface area contributed by atoms with Crippen LogP contribution >= 0.6 is 0 Å². The number of rotatable bonds is 9. The van der Waals surface area contributed by atoms with Crippen molar-refractivity contribution in [1.82, 2.24) is 5.23 Å². The summed E-state index contributed by atoms with van der Waals surface area (Å²) in [6, 6.07) is 0. The summed E-state index contributed by atoms with van der Waals surface area (Å²) in [5.74, 6) is 0. The first-order valence-corrected chi connectivity index (χ1v) is 5.81. The molecule has 0 aliphatic carbocycles. The molecule has 0 aliphatic rings.